The molecule has 100 valence electrons. The normalized spacial score (nSPS) is 10.8. The Labute approximate surface area is 111 Å². The molecule has 1 aromatic rings. The minimum Gasteiger partial charge on any atom is -0.465 e. The number of carbonyl (C=O) groups excluding carboxylic acids is 3. The van der Waals surface area contributed by atoms with Gasteiger partial charge in [0, 0.05) is 12.6 Å². The summed E-state index contributed by atoms with van der Waals surface area (Å²) in [6.45, 7) is 2.69. The van der Waals surface area contributed by atoms with Gasteiger partial charge in [-0.05, 0) is 30.7 Å². The maximum atomic E-state index is 11.4. The van der Waals surface area contributed by atoms with Crippen molar-refractivity contribution in [1.29, 1.82) is 0 Å². The first-order valence-electron chi connectivity index (χ1n) is 5.62. The van der Waals surface area contributed by atoms with Crippen molar-refractivity contribution in [1.82, 2.24) is 0 Å². The Hall–Kier alpha value is -2.43. The molecule has 0 aromatic heterocycles. The summed E-state index contributed by atoms with van der Waals surface area (Å²) in [5.41, 5.74) is 1.18. The number of anilines is 1. The molecule has 1 N–H and O–H groups in total. The molecular formula is C14H15NO4. The van der Waals surface area contributed by atoms with Crippen LogP contribution in [0.1, 0.15) is 19.4 Å². The van der Waals surface area contributed by atoms with E-state index in [2.05, 4.69) is 10.1 Å². The summed E-state index contributed by atoms with van der Waals surface area (Å²) < 4.78 is 4.54. The third-order valence-corrected chi connectivity index (χ3v) is 2.30. The van der Waals surface area contributed by atoms with Gasteiger partial charge in [0.1, 0.15) is 5.57 Å². The lowest BCUT2D eigenvalue weighted by molar-refractivity contribution is -0.137. The lowest BCUT2D eigenvalue weighted by atomic mass is 10.1. The van der Waals surface area contributed by atoms with Crippen molar-refractivity contribution in [2.45, 2.75) is 13.8 Å². The maximum Gasteiger partial charge on any atom is 0.341 e. The summed E-state index contributed by atoms with van der Waals surface area (Å²) in [6, 6.07) is 6.81. The van der Waals surface area contributed by atoms with Crippen molar-refractivity contribution in [3.63, 3.8) is 0 Å². The molecule has 0 aliphatic rings. The first kappa shape index (κ1) is 14.6. The summed E-state index contributed by atoms with van der Waals surface area (Å²) >= 11 is 0. The molecule has 0 aliphatic carbocycles. The van der Waals surface area contributed by atoms with E-state index >= 15 is 0 Å². The Balaban J connectivity index is 3.11. The van der Waals surface area contributed by atoms with E-state index < -0.39 is 5.97 Å². The molecule has 0 fully saturated rings. The lowest BCUT2D eigenvalue weighted by Gasteiger charge is -2.04. The third-order valence-electron chi connectivity index (χ3n) is 2.30. The average molecular weight is 261 g/mol. The maximum absolute atomic E-state index is 11.4. The smallest absolute Gasteiger partial charge is 0.341 e. The number of carbonyl (C=O) groups is 3. The van der Waals surface area contributed by atoms with Gasteiger partial charge in [-0.2, -0.15) is 0 Å². The van der Waals surface area contributed by atoms with Gasteiger partial charge < -0.3 is 10.1 Å². The Bertz CT molecular complexity index is 546. The molecule has 19 heavy (non-hydrogen) atoms. The van der Waals surface area contributed by atoms with Gasteiger partial charge in [0.15, 0.2) is 5.78 Å². The lowest BCUT2D eigenvalue weighted by Crippen LogP contribution is -2.11. The van der Waals surface area contributed by atoms with Crippen LogP contribution in [-0.4, -0.2) is 24.8 Å². The van der Waals surface area contributed by atoms with Gasteiger partial charge >= 0.3 is 5.97 Å². The molecule has 0 spiro atoms. The largest absolute Gasteiger partial charge is 0.465 e. The number of methoxy groups -OCH3 is 1. The van der Waals surface area contributed by atoms with Gasteiger partial charge in [0.05, 0.1) is 7.11 Å². The average Bonchev–Trinajstić information content (AvgIpc) is 2.34. The number of nitrogens with one attached hydrogen (secondary N) is 1. The Morgan fingerprint density at radius 3 is 2.42 bits per heavy atom. The van der Waals surface area contributed by atoms with Crippen LogP contribution in [-0.2, 0) is 19.1 Å². The summed E-state index contributed by atoms with van der Waals surface area (Å²) in [7, 11) is 1.22. The van der Waals surface area contributed by atoms with E-state index in [-0.39, 0.29) is 17.3 Å². The summed E-state index contributed by atoms with van der Waals surface area (Å²) in [5, 5.41) is 2.62. The van der Waals surface area contributed by atoms with E-state index in [0.717, 1.165) is 0 Å². The summed E-state index contributed by atoms with van der Waals surface area (Å²) in [6.07, 6.45) is 1.43. The van der Waals surface area contributed by atoms with Gasteiger partial charge in [0.2, 0.25) is 5.91 Å². The van der Waals surface area contributed by atoms with E-state index in [4.69, 9.17) is 0 Å². The van der Waals surface area contributed by atoms with E-state index in [1.165, 1.54) is 27.0 Å². The Morgan fingerprint density at radius 2 is 1.89 bits per heavy atom. The first-order valence-corrected chi connectivity index (χ1v) is 5.62. The molecule has 5 nitrogen and oxygen atoms in total. The molecule has 1 aromatic carbocycles. The fourth-order valence-electron chi connectivity index (χ4n) is 1.49. The van der Waals surface area contributed by atoms with Gasteiger partial charge in [-0.3, -0.25) is 9.59 Å². The quantitative estimate of drug-likeness (QED) is 0.388. The monoisotopic (exact) mass is 261 g/mol. The number of rotatable bonds is 4. The standard InChI is InChI=1S/C14H15NO4/c1-9(16)13(14(18)19-3)8-11-5-4-6-12(7-11)15-10(2)17/h4-8H,1-3H3,(H,15,17)/b13-8+. The highest BCUT2D eigenvalue weighted by molar-refractivity contribution is 6.19. The topological polar surface area (TPSA) is 72.5 Å². The van der Waals surface area contributed by atoms with Gasteiger partial charge in [-0.25, -0.2) is 4.79 Å². The molecule has 0 heterocycles. The van der Waals surface area contributed by atoms with Crippen LogP contribution in [0, 0.1) is 0 Å². The zero-order valence-corrected chi connectivity index (χ0v) is 11.0. The molecule has 1 rings (SSSR count). The Kier molecular flexibility index (Phi) is 5.00. The van der Waals surface area contributed by atoms with Crippen LogP contribution in [0.5, 0.6) is 0 Å². The van der Waals surface area contributed by atoms with E-state index in [0.29, 0.717) is 11.3 Å². The highest BCUT2D eigenvalue weighted by Crippen LogP contribution is 2.15. The number of ketones is 1. The van der Waals surface area contributed by atoms with E-state index in [9.17, 15) is 14.4 Å². The molecular weight excluding hydrogens is 246 g/mol. The van der Waals surface area contributed by atoms with Crippen molar-refractivity contribution >= 4 is 29.4 Å². The van der Waals surface area contributed by atoms with E-state index in [1.807, 2.05) is 0 Å². The van der Waals surface area contributed by atoms with Crippen LogP contribution in [0.4, 0.5) is 5.69 Å². The van der Waals surface area contributed by atoms with E-state index in [1.54, 1.807) is 24.3 Å². The fraction of sp³-hybridized carbons (Fsp3) is 0.214. The predicted octanol–water partition coefficient (Wildman–Crippen LogP) is 1.79. The van der Waals surface area contributed by atoms with Crippen LogP contribution >= 0.6 is 0 Å². The van der Waals surface area contributed by atoms with Gasteiger partial charge in [-0.1, -0.05) is 12.1 Å². The number of hydrogen-bond donors (Lipinski definition) is 1. The molecule has 0 radical (unpaired) electrons. The number of hydrogen-bond acceptors (Lipinski definition) is 4. The van der Waals surface area contributed by atoms with Crippen molar-refractivity contribution < 1.29 is 19.1 Å². The number of Topliss-reactive ketones (excluding diaryl/α,β-unsaturated/α-hetero) is 1. The van der Waals surface area contributed by atoms with Crippen molar-refractivity contribution in [3.8, 4) is 0 Å². The Morgan fingerprint density at radius 1 is 1.21 bits per heavy atom. The molecule has 0 aliphatic heterocycles. The number of amides is 1. The van der Waals surface area contributed by atoms with Crippen molar-refractivity contribution in [2.24, 2.45) is 0 Å². The molecule has 0 saturated carbocycles. The molecule has 1 amide bonds. The predicted molar refractivity (Wildman–Crippen MR) is 71.4 cm³/mol. The van der Waals surface area contributed by atoms with Crippen LogP contribution in [0.25, 0.3) is 6.08 Å². The number of esters is 1. The van der Waals surface area contributed by atoms with Crippen molar-refractivity contribution in [2.75, 3.05) is 12.4 Å². The minimum absolute atomic E-state index is 0.0394. The second-order valence-corrected chi connectivity index (χ2v) is 3.91. The number of benzene rings is 1. The number of ether oxygens (including phenoxy) is 1. The molecule has 0 unspecified atom stereocenters. The molecule has 0 atom stereocenters. The van der Waals surface area contributed by atoms with Crippen molar-refractivity contribution in [3.05, 3.63) is 35.4 Å². The third kappa shape index (κ3) is 4.39. The second kappa shape index (κ2) is 6.49. The van der Waals surface area contributed by atoms with Gasteiger partial charge in [0.25, 0.3) is 0 Å². The SMILES string of the molecule is COC(=O)/C(=C/c1cccc(NC(C)=O)c1)C(C)=O. The second-order valence-electron chi connectivity index (χ2n) is 3.91. The van der Waals surface area contributed by atoms with Crippen LogP contribution in [0.15, 0.2) is 29.8 Å². The molecule has 5 heteroatoms. The van der Waals surface area contributed by atoms with Crippen LogP contribution in [0.3, 0.4) is 0 Å². The fourth-order valence-corrected chi connectivity index (χ4v) is 1.49. The summed E-state index contributed by atoms with van der Waals surface area (Å²) in [4.78, 5) is 33.8. The zero-order valence-electron chi connectivity index (χ0n) is 11.0. The van der Waals surface area contributed by atoms with Crippen LogP contribution < -0.4 is 5.32 Å². The first-order chi connectivity index (χ1) is 8.93. The zero-order chi connectivity index (χ0) is 14.4. The van der Waals surface area contributed by atoms with Crippen LogP contribution in [0.2, 0.25) is 0 Å². The highest BCUT2D eigenvalue weighted by Gasteiger charge is 2.14. The van der Waals surface area contributed by atoms with Gasteiger partial charge in [-0.15, -0.1) is 0 Å². The minimum atomic E-state index is -0.683. The highest BCUT2D eigenvalue weighted by atomic mass is 16.5. The molecule has 0 bridgehead atoms. The summed E-state index contributed by atoms with van der Waals surface area (Å²) in [5.74, 6) is -1.25. The molecule has 0 saturated heterocycles.